The zero-order valence-corrected chi connectivity index (χ0v) is 9.72. The summed E-state index contributed by atoms with van der Waals surface area (Å²) in [7, 11) is 0. The minimum absolute atomic E-state index is 0.161. The molecule has 2 aromatic rings. The predicted octanol–water partition coefficient (Wildman–Crippen LogP) is -1.16. The number of aromatic nitrogens is 4. The molecule has 0 aromatic carbocycles. The molecule has 9 heteroatoms. The first-order chi connectivity index (χ1) is 9.13. The van der Waals surface area contributed by atoms with Gasteiger partial charge in [0.05, 0.1) is 18.5 Å². The van der Waals surface area contributed by atoms with Gasteiger partial charge in [-0.3, -0.25) is 0 Å². The van der Waals surface area contributed by atoms with Gasteiger partial charge in [0.2, 0.25) is 0 Å². The Hall–Kier alpha value is -1.84. The monoisotopic (exact) mass is 269 g/mol. The van der Waals surface area contributed by atoms with Gasteiger partial charge in [-0.15, -0.1) is 0 Å². The molecule has 4 N–H and O–H groups in total. The van der Waals surface area contributed by atoms with E-state index in [1.165, 1.54) is 17.0 Å². The van der Waals surface area contributed by atoms with E-state index in [4.69, 9.17) is 15.6 Å². The maximum absolute atomic E-state index is 14.0. The van der Waals surface area contributed by atoms with E-state index in [0.717, 1.165) is 0 Å². The first-order valence-electron chi connectivity index (χ1n) is 5.66. The number of hydrogen-bond acceptors (Lipinski definition) is 7. The topological polar surface area (TPSA) is 119 Å². The largest absolute Gasteiger partial charge is 0.394 e. The average molecular weight is 269 g/mol. The van der Waals surface area contributed by atoms with Crippen LogP contribution in [0.4, 0.5) is 10.2 Å². The minimum atomic E-state index is -1.67. The molecule has 0 bridgehead atoms. The van der Waals surface area contributed by atoms with E-state index in [1.807, 2.05) is 0 Å². The number of halogens is 1. The lowest BCUT2D eigenvalue weighted by Gasteiger charge is -2.11. The molecule has 0 aliphatic carbocycles. The van der Waals surface area contributed by atoms with Gasteiger partial charge >= 0.3 is 0 Å². The summed E-state index contributed by atoms with van der Waals surface area (Å²) in [6.07, 6.45) is -2.51. The molecule has 0 spiro atoms. The normalized spacial score (nSPS) is 31.1. The molecule has 0 radical (unpaired) electrons. The predicted molar refractivity (Wildman–Crippen MR) is 60.8 cm³/mol. The van der Waals surface area contributed by atoms with Crippen molar-refractivity contribution in [3.05, 3.63) is 18.2 Å². The second-order valence-electron chi connectivity index (χ2n) is 4.28. The molecule has 8 nitrogen and oxygen atoms in total. The number of nitrogen functional groups attached to an aromatic ring is 1. The zero-order valence-electron chi connectivity index (χ0n) is 9.72. The van der Waals surface area contributed by atoms with Gasteiger partial charge in [-0.25, -0.2) is 18.9 Å². The molecule has 3 rings (SSSR count). The Morgan fingerprint density at radius 1 is 1.47 bits per heavy atom. The molecule has 1 saturated heterocycles. The van der Waals surface area contributed by atoms with Crippen LogP contribution in [0.2, 0.25) is 0 Å². The molecule has 1 aliphatic rings. The fraction of sp³-hybridized carbons (Fsp3) is 0.500. The highest BCUT2D eigenvalue weighted by atomic mass is 19.1. The number of nitrogens with two attached hydrogens (primary N) is 1. The lowest BCUT2D eigenvalue weighted by Crippen LogP contribution is -2.30. The third-order valence-electron chi connectivity index (χ3n) is 3.15. The third-order valence-corrected chi connectivity index (χ3v) is 3.15. The minimum Gasteiger partial charge on any atom is -0.394 e. The van der Waals surface area contributed by atoms with Crippen molar-refractivity contribution in [2.24, 2.45) is 0 Å². The van der Waals surface area contributed by atoms with E-state index < -0.39 is 31.1 Å². The van der Waals surface area contributed by atoms with Gasteiger partial charge in [-0.2, -0.15) is 5.10 Å². The number of ether oxygens (including phenoxy) is 1. The maximum Gasteiger partial charge on any atom is 0.196 e. The van der Waals surface area contributed by atoms with Crippen molar-refractivity contribution in [2.45, 2.75) is 24.5 Å². The summed E-state index contributed by atoms with van der Waals surface area (Å²) in [6, 6.07) is 0. The van der Waals surface area contributed by atoms with Crippen LogP contribution in [0.3, 0.4) is 0 Å². The Kier molecular flexibility index (Phi) is 2.81. The smallest absolute Gasteiger partial charge is 0.196 e. The van der Waals surface area contributed by atoms with E-state index in [-0.39, 0.29) is 11.5 Å². The van der Waals surface area contributed by atoms with Crippen LogP contribution in [0.5, 0.6) is 0 Å². The van der Waals surface area contributed by atoms with Gasteiger partial charge in [0.25, 0.3) is 0 Å². The van der Waals surface area contributed by atoms with E-state index >= 15 is 0 Å². The summed E-state index contributed by atoms with van der Waals surface area (Å²) in [5.41, 5.74) is 6.22. The van der Waals surface area contributed by atoms with E-state index in [9.17, 15) is 9.50 Å². The van der Waals surface area contributed by atoms with Crippen LogP contribution in [-0.2, 0) is 4.74 Å². The number of alkyl halides is 1. The van der Waals surface area contributed by atoms with Gasteiger partial charge in [0.1, 0.15) is 24.6 Å². The van der Waals surface area contributed by atoms with E-state index in [1.54, 1.807) is 0 Å². The molecular weight excluding hydrogens is 257 g/mol. The molecule has 1 aliphatic heterocycles. The van der Waals surface area contributed by atoms with Crippen LogP contribution in [0.25, 0.3) is 5.65 Å². The Bertz CT molecular complexity index is 606. The molecule has 102 valence electrons. The van der Waals surface area contributed by atoms with E-state index in [0.29, 0.717) is 5.69 Å². The molecule has 1 fully saturated rings. The van der Waals surface area contributed by atoms with Crippen LogP contribution in [-0.4, -0.2) is 54.8 Å². The number of rotatable bonds is 2. The number of imidazole rings is 1. The summed E-state index contributed by atoms with van der Waals surface area (Å²) in [6.45, 7) is -0.466. The summed E-state index contributed by atoms with van der Waals surface area (Å²) >= 11 is 0. The van der Waals surface area contributed by atoms with Crippen LogP contribution < -0.4 is 5.73 Å². The standard InChI is InChI=1S/C10H12FN5O3/c11-6-7(18)5(2-17)19-8(6)4-1-13-10-9(12)14-3-15-16(4)10/h1,3,5-8,17-18H,2H2,(H2,12,14,15)/t5-,6-,7?,8+/m1/s1. The summed E-state index contributed by atoms with van der Waals surface area (Å²) in [4.78, 5) is 7.77. The van der Waals surface area contributed by atoms with Crippen molar-refractivity contribution in [2.75, 3.05) is 12.3 Å². The van der Waals surface area contributed by atoms with Crippen molar-refractivity contribution in [3.8, 4) is 0 Å². The maximum atomic E-state index is 14.0. The molecule has 0 amide bonds. The molecule has 3 heterocycles. The fourth-order valence-corrected chi connectivity index (χ4v) is 2.16. The molecule has 0 saturated carbocycles. The lowest BCUT2D eigenvalue weighted by atomic mass is 10.1. The molecular formula is C10H12FN5O3. The van der Waals surface area contributed by atoms with Crippen molar-refractivity contribution >= 4 is 11.5 Å². The number of aliphatic hydroxyl groups is 2. The van der Waals surface area contributed by atoms with Gasteiger partial charge in [0.15, 0.2) is 17.6 Å². The lowest BCUT2D eigenvalue weighted by molar-refractivity contribution is -0.0241. The molecule has 19 heavy (non-hydrogen) atoms. The van der Waals surface area contributed by atoms with Crippen molar-refractivity contribution in [3.63, 3.8) is 0 Å². The highest BCUT2D eigenvalue weighted by molar-refractivity contribution is 5.58. The van der Waals surface area contributed by atoms with E-state index in [2.05, 4.69) is 15.1 Å². The Balaban J connectivity index is 2.04. The van der Waals surface area contributed by atoms with Crippen LogP contribution in [0.15, 0.2) is 12.5 Å². The van der Waals surface area contributed by atoms with Gasteiger partial charge in [-0.1, -0.05) is 0 Å². The van der Waals surface area contributed by atoms with Crippen molar-refractivity contribution < 1.29 is 19.3 Å². The Morgan fingerprint density at radius 2 is 2.26 bits per heavy atom. The van der Waals surface area contributed by atoms with Crippen LogP contribution in [0.1, 0.15) is 11.8 Å². The van der Waals surface area contributed by atoms with Gasteiger partial charge < -0.3 is 20.7 Å². The fourth-order valence-electron chi connectivity index (χ4n) is 2.16. The summed E-state index contributed by atoms with van der Waals surface area (Å²) in [5, 5.41) is 22.5. The molecule has 2 aromatic heterocycles. The van der Waals surface area contributed by atoms with Gasteiger partial charge in [-0.05, 0) is 0 Å². The van der Waals surface area contributed by atoms with Crippen molar-refractivity contribution in [1.82, 2.24) is 19.6 Å². The first-order valence-corrected chi connectivity index (χ1v) is 5.66. The number of hydrogen-bond donors (Lipinski definition) is 3. The van der Waals surface area contributed by atoms with Crippen LogP contribution in [0, 0.1) is 0 Å². The summed E-state index contributed by atoms with van der Waals surface area (Å²) < 4.78 is 20.6. The quantitative estimate of drug-likeness (QED) is 0.629. The third kappa shape index (κ3) is 1.74. The Morgan fingerprint density at radius 3 is 2.95 bits per heavy atom. The van der Waals surface area contributed by atoms with Crippen LogP contribution >= 0.6 is 0 Å². The Labute approximate surface area is 106 Å². The SMILES string of the molecule is Nc1ncnn2c([C@@H]3O[C@H](CO)C(O)[C@H]3F)cnc12. The zero-order chi connectivity index (χ0) is 13.6. The number of aliphatic hydroxyl groups excluding tert-OH is 2. The second kappa shape index (κ2) is 4.37. The van der Waals surface area contributed by atoms with Crippen molar-refractivity contribution in [1.29, 1.82) is 0 Å². The average Bonchev–Trinajstić information content (AvgIpc) is 2.94. The summed E-state index contributed by atoms with van der Waals surface area (Å²) in [5.74, 6) is 0.161. The number of fused-ring (bicyclic) bond motifs is 1. The molecule has 1 unspecified atom stereocenters. The highest BCUT2D eigenvalue weighted by Crippen LogP contribution is 2.35. The highest BCUT2D eigenvalue weighted by Gasteiger charge is 2.46. The second-order valence-corrected chi connectivity index (χ2v) is 4.28. The molecule has 4 atom stereocenters. The number of anilines is 1. The first kappa shape index (κ1) is 12.2. The van der Waals surface area contributed by atoms with Gasteiger partial charge in [0, 0.05) is 0 Å². The number of nitrogens with zero attached hydrogens (tertiary/aromatic N) is 4.